The Bertz CT molecular complexity index is 739. The summed E-state index contributed by atoms with van der Waals surface area (Å²) in [5.74, 6) is 0.375. The van der Waals surface area contributed by atoms with Crippen molar-refractivity contribution in [2.75, 3.05) is 13.7 Å². The maximum Gasteiger partial charge on any atom is 0.257 e. The van der Waals surface area contributed by atoms with Crippen LogP contribution in [0.5, 0.6) is 0 Å². The molecule has 21 heavy (non-hydrogen) atoms. The first-order valence-electron chi connectivity index (χ1n) is 6.47. The Morgan fingerprint density at radius 1 is 1.19 bits per heavy atom. The van der Waals surface area contributed by atoms with E-state index in [0.29, 0.717) is 27.9 Å². The molecule has 0 spiro atoms. The second kappa shape index (κ2) is 5.58. The zero-order valence-corrected chi connectivity index (χ0v) is 12.2. The molecule has 0 fully saturated rings. The molecule has 0 aliphatic carbocycles. The third-order valence-electron chi connectivity index (χ3n) is 3.27. The summed E-state index contributed by atoms with van der Waals surface area (Å²) in [5, 5.41) is 13.1. The Balaban J connectivity index is 2.27. The first kappa shape index (κ1) is 13.6. The maximum atomic E-state index is 12.5. The van der Waals surface area contributed by atoms with Gasteiger partial charge in [-0.2, -0.15) is 4.74 Å². The molecule has 106 valence electrons. The molecule has 0 N–H and O–H groups in total. The summed E-state index contributed by atoms with van der Waals surface area (Å²) < 4.78 is 6.06. The van der Waals surface area contributed by atoms with Crippen molar-refractivity contribution in [3.63, 3.8) is 0 Å². The van der Waals surface area contributed by atoms with Gasteiger partial charge in [-0.1, -0.05) is 29.8 Å². The minimum Gasteiger partial charge on any atom is -0.623 e. The molecule has 1 aliphatic heterocycles. The fourth-order valence-electron chi connectivity index (χ4n) is 2.31. The van der Waals surface area contributed by atoms with Gasteiger partial charge in [0.05, 0.1) is 18.4 Å². The molecule has 4 nitrogen and oxygen atoms in total. The van der Waals surface area contributed by atoms with Crippen LogP contribution in [-0.4, -0.2) is 30.0 Å². The van der Waals surface area contributed by atoms with E-state index >= 15 is 0 Å². The van der Waals surface area contributed by atoms with Crippen molar-refractivity contribution in [3.8, 4) is 0 Å². The molecule has 0 aromatic heterocycles. The van der Waals surface area contributed by atoms with Gasteiger partial charge in [-0.15, -0.1) is 0 Å². The van der Waals surface area contributed by atoms with Crippen LogP contribution < -0.4 is 0 Å². The zero-order valence-electron chi connectivity index (χ0n) is 11.4. The summed E-state index contributed by atoms with van der Waals surface area (Å²) in [6, 6.07) is 14.8. The SMILES string of the molecule is COC1=Nc2ccc(Cl)cc2C(c2ccccc2)=[N+]([O-])C1. The predicted octanol–water partition coefficient (Wildman–Crippen LogP) is 3.38. The van der Waals surface area contributed by atoms with E-state index in [-0.39, 0.29) is 6.54 Å². The molecular formula is C16H13ClN2O2. The highest BCUT2D eigenvalue weighted by molar-refractivity contribution is 6.31. The summed E-state index contributed by atoms with van der Waals surface area (Å²) in [7, 11) is 1.51. The number of rotatable bonds is 1. The summed E-state index contributed by atoms with van der Waals surface area (Å²) in [6.07, 6.45) is 0. The van der Waals surface area contributed by atoms with Crippen LogP contribution >= 0.6 is 11.6 Å². The quantitative estimate of drug-likeness (QED) is 0.599. The van der Waals surface area contributed by atoms with Crippen molar-refractivity contribution in [1.29, 1.82) is 0 Å². The Labute approximate surface area is 127 Å². The largest absolute Gasteiger partial charge is 0.623 e. The molecule has 0 saturated heterocycles. The average Bonchev–Trinajstić information content (AvgIpc) is 2.63. The molecule has 0 saturated carbocycles. The number of halogens is 1. The van der Waals surface area contributed by atoms with Crippen LogP contribution in [0.1, 0.15) is 11.1 Å². The molecule has 0 amide bonds. The molecule has 0 atom stereocenters. The average molecular weight is 301 g/mol. The van der Waals surface area contributed by atoms with E-state index in [4.69, 9.17) is 16.3 Å². The molecule has 1 aliphatic rings. The standard InChI is InChI=1S/C16H13ClN2O2/c1-21-15-10-19(20)16(11-5-3-2-4-6-11)13-9-12(17)7-8-14(13)18-15/h2-9H,10H2,1H3. The van der Waals surface area contributed by atoms with Crippen LogP contribution in [0.4, 0.5) is 5.69 Å². The predicted molar refractivity (Wildman–Crippen MR) is 83.7 cm³/mol. The van der Waals surface area contributed by atoms with Crippen LogP contribution in [0.25, 0.3) is 0 Å². The summed E-state index contributed by atoms with van der Waals surface area (Å²) in [5.41, 5.74) is 2.75. The van der Waals surface area contributed by atoms with Crippen molar-refractivity contribution < 1.29 is 9.48 Å². The second-order valence-corrected chi connectivity index (χ2v) is 5.06. The van der Waals surface area contributed by atoms with Gasteiger partial charge in [0.25, 0.3) is 5.90 Å². The van der Waals surface area contributed by atoms with Gasteiger partial charge in [-0.3, -0.25) is 0 Å². The maximum absolute atomic E-state index is 12.5. The van der Waals surface area contributed by atoms with Gasteiger partial charge in [0.2, 0.25) is 12.3 Å². The third-order valence-corrected chi connectivity index (χ3v) is 3.51. The normalized spacial score (nSPS) is 14.3. The van der Waals surface area contributed by atoms with Crippen LogP contribution in [0, 0.1) is 5.21 Å². The van der Waals surface area contributed by atoms with Crippen molar-refractivity contribution in [1.82, 2.24) is 0 Å². The van der Waals surface area contributed by atoms with E-state index in [1.54, 1.807) is 18.2 Å². The number of ether oxygens (including phenoxy) is 1. The smallest absolute Gasteiger partial charge is 0.257 e. The van der Waals surface area contributed by atoms with E-state index in [2.05, 4.69) is 4.99 Å². The number of benzene rings is 2. The Morgan fingerprint density at radius 2 is 1.95 bits per heavy atom. The molecule has 1 heterocycles. The highest BCUT2D eigenvalue weighted by atomic mass is 35.5. The molecule has 2 aromatic carbocycles. The number of hydroxylamine groups is 1. The second-order valence-electron chi connectivity index (χ2n) is 4.62. The van der Waals surface area contributed by atoms with Crippen molar-refractivity contribution in [2.45, 2.75) is 0 Å². The lowest BCUT2D eigenvalue weighted by Crippen LogP contribution is -2.23. The van der Waals surface area contributed by atoms with E-state index < -0.39 is 0 Å². The number of fused-ring (bicyclic) bond motifs is 1. The minimum absolute atomic E-state index is 0.0625. The number of hydrogen-bond acceptors (Lipinski definition) is 3. The number of nitrogens with zero attached hydrogens (tertiary/aromatic N) is 2. The zero-order chi connectivity index (χ0) is 14.8. The van der Waals surface area contributed by atoms with Crippen molar-refractivity contribution >= 4 is 28.9 Å². The minimum atomic E-state index is 0.0625. The van der Waals surface area contributed by atoms with Crippen molar-refractivity contribution in [3.05, 3.63) is 69.9 Å². The topological polar surface area (TPSA) is 47.7 Å². The lowest BCUT2D eigenvalue weighted by molar-refractivity contribution is -0.441. The summed E-state index contributed by atoms with van der Waals surface area (Å²) in [4.78, 5) is 4.40. The molecule has 0 unspecified atom stereocenters. The summed E-state index contributed by atoms with van der Waals surface area (Å²) in [6.45, 7) is 0.0625. The number of methoxy groups -OCH3 is 1. The van der Waals surface area contributed by atoms with Gasteiger partial charge in [-0.05, 0) is 30.3 Å². The van der Waals surface area contributed by atoms with Crippen LogP contribution in [0.2, 0.25) is 5.02 Å². The van der Waals surface area contributed by atoms with E-state index in [1.807, 2.05) is 30.3 Å². The number of aliphatic imine (C=N–C) groups is 1. The van der Waals surface area contributed by atoms with Gasteiger partial charge < -0.3 is 9.94 Å². The Kier molecular flexibility index (Phi) is 3.62. The van der Waals surface area contributed by atoms with Gasteiger partial charge >= 0.3 is 0 Å². The molecule has 3 rings (SSSR count). The lowest BCUT2D eigenvalue weighted by Gasteiger charge is -2.10. The highest BCUT2D eigenvalue weighted by Gasteiger charge is 2.24. The van der Waals surface area contributed by atoms with Crippen LogP contribution in [-0.2, 0) is 4.74 Å². The fraction of sp³-hybridized carbons (Fsp3) is 0.125. The van der Waals surface area contributed by atoms with Gasteiger partial charge in [0, 0.05) is 10.6 Å². The first-order valence-corrected chi connectivity index (χ1v) is 6.85. The third kappa shape index (κ3) is 2.62. The van der Waals surface area contributed by atoms with E-state index in [9.17, 15) is 5.21 Å². The highest BCUT2D eigenvalue weighted by Crippen LogP contribution is 2.28. The first-order chi connectivity index (χ1) is 10.2. The van der Waals surface area contributed by atoms with Gasteiger partial charge in [-0.25, -0.2) is 4.99 Å². The van der Waals surface area contributed by atoms with E-state index in [1.165, 1.54) is 7.11 Å². The van der Waals surface area contributed by atoms with Gasteiger partial charge in [0.1, 0.15) is 0 Å². The number of hydrogen-bond donors (Lipinski definition) is 0. The Hall–Kier alpha value is -2.33. The lowest BCUT2D eigenvalue weighted by atomic mass is 10.0. The monoisotopic (exact) mass is 300 g/mol. The van der Waals surface area contributed by atoms with Gasteiger partial charge in [0.15, 0.2) is 0 Å². The molecule has 0 bridgehead atoms. The van der Waals surface area contributed by atoms with Crippen LogP contribution in [0.15, 0.2) is 53.5 Å². The van der Waals surface area contributed by atoms with E-state index in [0.717, 1.165) is 10.3 Å². The Morgan fingerprint density at radius 3 is 2.67 bits per heavy atom. The van der Waals surface area contributed by atoms with Crippen LogP contribution in [0.3, 0.4) is 0 Å². The fourth-order valence-corrected chi connectivity index (χ4v) is 2.48. The molecule has 0 radical (unpaired) electrons. The van der Waals surface area contributed by atoms with Crippen molar-refractivity contribution in [2.24, 2.45) is 4.99 Å². The summed E-state index contributed by atoms with van der Waals surface area (Å²) >= 11 is 6.09. The molecular weight excluding hydrogens is 288 g/mol. The molecule has 5 heteroatoms. The molecule has 2 aromatic rings.